The minimum atomic E-state index is -0.358. The Morgan fingerprint density at radius 2 is 2.11 bits per heavy atom. The first-order valence-electron chi connectivity index (χ1n) is 5.31. The number of hydrogen-bond acceptors (Lipinski definition) is 3. The molecule has 0 aliphatic rings. The van der Waals surface area contributed by atoms with Crippen LogP contribution < -0.4 is 10.9 Å². The molecule has 1 aromatic carbocycles. The van der Waals surface area contributed by atoms with Crippen molar-refractivity contribution in [3.05, 3.63) is 57.1 Å². The standard InChI is InChI=1S/C12H11Cl2N3O/c13-5-8-2-1-3-9(4-8)6-15-11-10(14)12(18)17-7-16-11/h1-4,7H,5-6H2,(H2,15,16,17,18). The second-order valence-corrected chi connectivity index (χ2v) is 4.35. The van der Waals surface area contributed by atoms with Crippen molar-refractivity contribution >= 4 is 29.0 Å². The topological polar surface area (TPSA) is 57.8 Å². The average molecular weight is 284 g/mol. The lowest BCUT2D eigenvalue weighted by Gasteiger charge is -2.07. The zero-order chi connectivity index (χ0) is 13.0. The van der Waals surface area contributed by atoms with Crippen LogP contribution in [-0.4, -0.2) is 9.97 Å². The summed E-state index contributed by atoms with van der Waals surface area (Å²) < 4.78 is 0. The van der Waals surface area contributed by atoms with Gasteiger partial charge in [0.2, 0.25) is 0 Å². The minimum Gasteiger partial charge on any atom is -0.365 e. The molecule has 4 nitrogen and oxygen atoms in total. The molecule has 0 aliphatic carbocycles. The van der Waals surface area contributed by atoms with Crippen molar-refractivity contribution in [2.24, 2.45) is 0 Å². The first-order chi connectivity index (χ1) is 8.70. The molecule has 0 saturated heterocycles. The number of anilines is 1. The molecule has 0 amide bonds. The second kappa shape index (κ2) is 5.89. The van der Waals surface area contributed by atoms with Crippen LogP contribution in [0.3, 0.4) is 0 Å². The molecular weight excluding hydrogens is 273 g/mol. The van der Waals surface area contributed by atoms with Gasteiger partial charge in [0.1, 0.15) is 5.02 Å². The number of H-pyrrole nitrogens is 1. The van der Waals surface area contributed by atoms with Gasteiger partial charge >= 0.3 is 0 Å². The SMILES string of the molecule is O=c1[nH]cnc(NCc2cccc(CCl)c2)c1Cl. The molecule has 0 unspecified atom stereocenters. The molecule has 0 radical (unpaired) electrons. The summed E-state index contributed by atoms with van der Waals surface area (Å²) >= 11 is 11.6. The molecule has 0 aliphatic heterocycles. The molecule has 6 heteroatoms. The Morgan fingerprint density at radius 3 is 2.89 bits per heavy atom. The van der Waals surface area contributed by atoms with E-state index in [1.165, 1.54) is 6.33 Å². The third kappa shape index (κ3) is 3.03. The summed E-state index contributed by atoms with van der Waals surface area (Å²) in [6.07, 6.45) is 1.31. The van der Waals surface area contributed by atoms with Crippen molar-refractivity contribution in [1.29, 1.82) is 0 Å². The van der Waals surface area contributed by atoms with Crippen molar-refractivity contribution in [3.63, 3.8) is 0 Å². The van der Waals surface area contributed by atoms with Crippen molar-refractivity contribution in [2.45, 2.75) is 12.4 Å². The predicted molar refractivity (Wildman–Crippen MR) is 73.2 cm³/mol. The Kier molecular flexibility index (Phi) is 4.23. The fourth-order valence-corrected chi connectivity index (χ4v) is 1.85. The van der Waals surface area contributed by atoms with E-state index in [9.17, 15) is 4.79 Å². The summed E-state index contributed by atoms with van der Waals surface area (Å²) in [5.74, 6) is 0.842. The minimum absolute atomic E-state index is 0.0611. The maximum atomic E-state index is 11.3. The lowest BCUT2D eigenvalue weighted by atomic mass is 10.1. The molecule has 18 heavy (non-hydrogen) atoms. The highest BCUT2D eigenvalue weighted by molar-refractivity contribution is 6.32. The monoisotopic (exact) mass is 283 g/mol. The Bertz CT molecular complexity index is 598. The van der Waals surface area contributed by atoms with Crippen LogP contribution in [0.5, 0.6) is 0 Å². The van der Waals surface area contributed by atoms with Gasteiger partial charge in [-0.05, 0) is 11.1 Å². The van der Waals surface area contributed by atoms with Crippen LogP contribution in [0.1, 0.15) is 11.1 Å². The van der Waals surface area contributed by atoms with Gasteiger partial charge in [-0.1, -0.05) is 35.9 Å². The van der Waals surface area contributed by atoms with Crippen molar-refractivity contribution < 1.29 is 0 Å². The predicted octanol–water partition coefficient (Wildman–Crippen LogP) is 2.77. The number of aromatic nitrogens is 2. The first-order valence-corrected chi connectivity index (χ1v) is 6.23. The lowest BCUT2D eigenvalue weighted by Crippen LogP contribution is -2.11. The molecule has 1 aromatic heterocycles. The summed E-state index contributed by atoms with van der Waals surface area (Å²) in [7, 11) is 0. The van der Waals surface area contributed by atoms with Crippen molar-refractivity contribution in [2.75, 3.05) is 5.32 Å². The van der Waals surface area contributed by atoms with Gasteiger partial charge in [-0.3, -0.25) is 4.79 Å². The number of aromatic amines is 1. The Labute approximate surface area is 114 Å². The van der Waals surface area contributed by atoms with E-state index in [4.69, 9.17) is 23.2 Å². The van der Waals surface area contributed by atoms with Gasteiger partial charge in [0, 0.05) is 12.4 Å². The van der Waals surface area contributed by atoms with Crippen LogP contribution in [-0.2, 0) is 12.4 Å². The Morgan fingerprint density at radius 1 is 1.33 bits per heavy atom. The summed E-state index contributed by atoms with van der Waals surface area (Å²) in [4.78, 5) is 17.6. The smallest absolute Gasteiger partial charge is 0.271 e. The second-order valence-electron chi connectivity index (χ2n) is 3.70. The number of benzene rings is 1. The van der Waals surface area contributed by atoms with Crippen LogP contribution in [0.15, 0.2) is 35.4 Å². The van der Waals surface area contributed by atoms with Crippen LogP contribution in [0.4, 0.5) is 5.82 Å². The molecule has 2 N–H and O–H groups in total. The molecule has 1 heterocycles. The van der Waals surface area contributed by atoms with E-state index in [-0.39, 0.29) is 10.6 Å². The molecule has 2 aromatic rings. The van der Waals surface area contributed by atoms with E-state index < -0.39 is 0 Å². The summed E-state index contributed by atoms with van der Waals surface area (Å²) in [6, 6.07) is 7.84. The van der Waals surface area contributed by atoms with Gasteiger partial charge in [-0.2, -0.15) is 0 Å². The van der Waals surface area contributed by atoms with Crippen LogP contribution in [0.25, 0.3) is 0 Å². The zero-order valence-electron chi connectivity index (χ0n) is 9.41. The van der Waals surface area contributed by atoms with Gasteiger partial charge in [-0.15, -0.1) is 11.6 Å². The third-order valence-electron chi connectivity index (χ3n) is 2.40. The Balaban J connectivity index is 2.11. The van der Waals surface area contributed by atoms with E-state index in [0.29, 0.717) is 18.2 Å². The van der Waals surface area contributed by atoms with Crippen LogP contribution in [0, 0.1) is 0 Å². The first kappa shape index (κ1) is 12.9. The number of alkyl halides is 1. The molecule has 0 fully saturated rings. The van der Waals surface area contributed by atoms with Gasteiger partial charge in [0.15, 0.2) is 5.82 Å². The van der Waals surface area contributed by atoms with Crippen LogP contribution in [0.2, 0.25) is 5.02 Å². The number of halogens is 2. The highest BCUT2D eigenvalue weighted by Gasteiger charge is 2.05. The van der Waals surface area contributed by atoms with Crippen molar-refractivity contribution in [3.8, 4) is 0 Å². The molecule has 0 saturated carbocycles. The highest BCUT2D eigenvalue weighted by Crippen LogP contribution is 2.14. The zero-order valence-corrected chi connectivity index (χ0v) is 10.9. The van der Waals surface area contributed by atoms with Gasteiger partial charge in [0.05, 0.1) is 6.33 Å². The summed E-state index contributed by atoms with van der Waals surface area (Å²) in [5, 5.41) is 3.08. The average Bonchev–Trinajstić information content (AvgIpc) is 2.41. The Hall–Kier alpha value is -1.52. The summed E-state index contributed by atoms with van der Waals surface area (Å²) in [6.45, 7) is 0.529. The molecule has 94 valence electrons. The van der Waals surface area contributed by atoms with Gasteiger partial charge in [-0.25, -0.2) is 4.98 Å². The van der Waals surface area contributed by atoms with E-state index in [0.717, 1.165) is 11.1 Å². The van der Waals surface area contributed by atoms with Gasteiger partial charge in [0.25, 0.3) is 5.56 Å². The van der Waals surface area contributed by atoms with E-state index in [2.05, 4.69) is 15.3 Å². The number of rotatable bonds is 4. The number of hydrogen-bond donors (Lipinski definition) is 2. The highest BCUT2D eigenvalue weighted by atomic mass is 35.5. The quantitative estimate of drug-likeness (QED) is 0.849. The van der Waals surface area contributed by atoms with E-state index in [1.54, 1.807) is 0 Å². The fraction of sp³-hybridized carbons (Fsp3) is 0.167. The molecule has 0 atom stereocenters. The molecular formula is C12H11Cl2N3O. The van der Waals surface area contributed by atoms with Gasteiger partial charge < -0.3 is 10.3 Å². The summed E-state index contributed by atoms with van der Waals surface area (Å²) in [5.41, 5.74) is 1.73. The van der Waals surface area contributed by atoms with E-state index in [1.807, 2.05) is 24.3 Å². The van der Waals surface area contributed by atoms with E-state index >= 15 is 0 Å². The number of nitrogens with one attached hydrogen (secondary N) is 2. The maximum absolute atomic E-state index is 11.3. The molecule has 2 rings (SSSR count). The molecule has 0 spiro atoms. The molecule has 0 bridgehead atoms. The number of nitrogens with zero attached hydrogens (tertiary/aromatic N) is 1. The fourth-order valence-electron chi connectivity index (χ4n) is 1.51. The maximum Gasteiger partial charge on any atom is 0.271 e. The van der Waals surface area contributed by atoms with Crippen molar-refractivity contribution in [1.82, 2.24) is 9.97 Å². The largest absolute Gasteiger partial charge is 0.365 e. The lowest BCUT2D eigenvalue weighted by molar-refractivity contribution is 1.06. The third-order valence-corrected chi connectivity index (χ3v) is 3.06. The van der Waals surface area contributed by atoms with Crippen LogP contribution >= 0.6 is 23.2 Å². The normalized spacial score (nSPS) is 10.3.